The van der Waals surface area contributed by atoms with Crippen molar-refractivity contribution in [3.63, 3.8) is 0 Å². The van der Waals surface area contributed by atoms with E-state index in [0.29, 0.717) is 48.9 Å². The van der Waals surface area contributed by atoms with Gasteiger partial charge >= 0.3 is 0 Å². The van der Waals surface area contributed by atoms with Gasteiger partial charge in [0.15, 0.2) is 5.96 Å². The summed E-state index contributed by atoms with van der Waals surface area (Å²) in [5, 5.41) is 0. The largest absolute Gasteiger partial charge is 0.497 e. The number of benzene rings is 1. The average molecular weight is 510 g/mol. The maximum Gasteiger partial charge on any atom is 0.257 e. The summed E-state index contributed by atoms with van der Waals surface area (Å²) in [4.78, 5) is 33.2. The Kier molecular flexibility index (Phi) is 9.66. The third kappa shape index (κ3) is 7.14. The Morgan fingerprint density at radius 2 is 1.81 bits per heavy atom. The number of carbonyl (C=O) groups is 2. The van der Waals surface area contributed by atoms with Crippen LogP contribution in [0, 0.1) is 17.8 Å². The fourth-order valence-electron chi connectivity index (χ4n) is 6.88. The molecule has 0 radical (unpaired) electrons. The summed E-state index contributed by atoms with van der Waals surface area (Å²) in [6.45, 7) is 2.86. The van der Waals surface area contributed by atoms with Gasteiger partial charge in [-0.15, -0.1) is 0 Å². The van der Waals surface area contributed by atoms with Gasteiger partial charge in [0.25, 0.3) is 5.91 Å². The van der Waals surface area contributed by atoms with Crippen molar-refractivity contribution < 1.29 is 14.3 Å². The maximum absolute atomic E-state index is 13.8. The first-order chi connectivity index (χ1) is 17.9. The quantitative estimate of drug-likeness (QED) is 0.371. The third-order valence-corrected chi connectivity index (χ3v) is 9.00. The van der Waals surface area contributed by atoms with Gasteiger partial charge in [-0.25, -0.2) is 4.99 Å². The number of amides is 1. The molecule has 204 valence electrons. The standard InChI is InChI=1S/C31H47N3O3/c1-3-4-17-31(21-24-9-6-5-7-10-24)29(36)34(30(32)33-31)22-25-15-13-23(14-16-25)18-27(35)19-26-11-8-12-28(20-26)37-2/h8,11-12,20,23-25H,3-7,9-10,13-19,21-22H2,1-2H3,(H2,32,33). The van der Waals surface area contributed by atoms with Crippen molar-refractivity contribution in [3.8, 4) is 5.75 Å². The number of aliphatic imine (C=N–C) groups is 1. The molecular formula is C31H47N3O3. The number of hydrogen-bond donors (Lipinski definition) is 1. The number of nitrogens with zero attached hydrogens (tertiary/aromatic N) is 2. The molecule has 1 aromatic rings. The monoisotopic (exact) mass is 509 g/mol. The Morgan fingerprint density at radius 1 is 1.08 bits per heavy atom. The topological polar surface area (TPSA) is 85.0 Å². The van der Waals surface area contributed by atoms with Crippen molar-refractivity contribution in [1.82, 2.24) is 4.90 Å². The lowest BCUT2D eigenvalue weighted by atomic mass is 9.76. The highest BCUT2D eigenvalue weighted by atomic mass is 16.5. The number of rotatable bonds is 12. The van der Waals surface area contributed by atoms with Gasteiger partial charge in [0.1, 0.15) is 17.1 Å². The highest BCUT2D eigenvalue weighted by molar-refractivity contribution is 6.06. The minimum Gasteiger partial charge on any atom is -0.497 e. The van der Waals surface area contributed by atoms with E-state index in [4.69, 9.17) is 15.5 Å². The van der Waals surface area contributed by atoms with Gasteiger partial charge in [0.2, 0.25) is 0 Å². The second-order valence-electron chi connectivity index (χ2n) is 11.9. The predicted molar refractivity (Wildman–Crippen MR) is 149 cm³/mol. The molecule has 2 N–H and O–H groups in total. The van der Waals surface area contributed by atoms with E-state index in [0.717, 1.165) is 62.7 Å². The van der Waals surface area contributed by atoms with Crippen LogP contribution in [0.5, 0.6) is 5.75 Å². The molecule has 1 aliphatic heterocycles. The number of methoxy groups -OCH3 is 1. The van der Waals surface area contributed by atoms with Crippen LogP contribution in [0.25, 0.3) is 0 Å². The molecule has 37 heavy (non-hydrogen) atoms. The van der Waals surface area contributed by atoms with Crippen LogP contribution in [-0.2, 0) is 16.0 Å². The fraction of sp³-hybridized carbons (Fsp3) is 0.710. The number of nitrogens with two attached hydrogens (primary N) is 1. The fourth-order valence-corrected chi connectivity index (χ4v) is 6.88. The Labute approximate surface area is 223 Å². The molecule has 0 bridgehead atoms. The zero-order valence-electron chi connectivity index (χ0n) is 23.1. The lowest BCUT2D eigenvalue weighted by Gasteiger charge is -2.34. The van der Waals surface area contributed by atoms with Crippen LogP contribution < -0.4 is 10.5 Å². The van der Waals surface area contributed by atoms with Gasteiger partial charge in [0.05, 0.1) is 7.11 Å². The van der Waals surface area contributed by atoms with E-state index < -0.39 is 5.54 Å². The van der Waals surface area contributed by atoms with Crippen LogP contribution >= 0.6 is 0 Å². The highest BCUT2D eigenvalue weighted by Crippen LogP contribution is 2.40. The molecule has 0 spiro atoms. The van der Waals surface area contributed by atoms with E-state index in [1.165, 1.54) is 32.1 Å². The van der Waals surface area contributed by atoms with Gasteiger partial charge in [-0.2, -0.15) is 0 Å². The molecule has 1 aromatic carbocycles. The summed E-state index contributed by atoms with van der Waals surface area (Å²) in [7, 11) is 1.65. The van der Waals surface area contributed by atoms with E-state index in [1.54, 1.807) is 7.11 Å². The Balaban J connectivity index is 1.28. The summed E-state index contributed by atoms with van der Waals surface area (Å²) >= 11 is 0. The van der Waals surface area contributed by atoms with Crippen molar-refractivity contribution >= 4 is 17.6 Å². The lowest BCUT2D eigenvalue weighted by Crippen LogP contribution is -2.47. The molecule has 1 amide bonds. The maximum atomic E-state index is 13.8. The molecule has 2 aliphatic carbocycles. The van der Waals surface area contributed by atoms with Crippen LogP contribution in [0.1, 0.15) is 102 Å². The minimum atomic E-state index is -0.633. The number of Topliss-reactive ketones (excluding diaryl/α,β-unsaturated/α-hetero) is 1. The second kappa shape index (κ2) is 12.9. The Hall–Kier alpha value is -2.37. The molecule has 0 saturated heterocycles. The Morgan fingerprint density at radius 3 is 2.51 bits per heavy atom. The van der Waals surface area contributed by atoms with E-state index in [1.807, 2.05) is 29.2 Å². The van der Waals surface area contributed by atoms with Crippen molar-refractivity contribution in [3.05, 3.63) is 29.8 Å². The summed E-state index contributed by atoms with van der Waals surface area (Å²) in [5.74, 6) is 3.14. The smallest absolute Gasteiger partial charge is 0.257 e. The molecule has 1 atom stereocenters. The molecule has 6 nitrogen and oxygen atoms in total. The first-order valence-corrected chi connectivity index (χ1v) is 14.7. The van der Waals surface area contributed by atoms with E-state index in [-0.39, 0.29) is 5.91 Å². The molecule has 0 aromatic heterocycles. The highest BCUT2D eigenvalue weighted by Gasteiger charge is 2.48. The molecule has 2 fully saturated rings. The van der Waals surface area contributed by atoms with Crippen molar-refractivity contribution in [2.24, 2.45) is 28.5 Å². The normalized spacial score (nSPS) is 26.8. The van der Waals surface area contributed by atoms with Gasteiger partial charge in [-0.3, -0.25) is 14.5 Å². The van der Waals surface area contributed by atoms with Crippen LogP contribution in [0.2, 0.25) is 0 Å². The molecule has 4 rings (SSSR count). The molecule has 1 unspecified atom stereocenters. The summed E-state index contributed by atoms with van der Waals surface area (Å²) in [6, 6.07) is 7.78. The predicted octanol–water partition coefficient (Wildman–Crippen LogP) is 6.06. The van der Waals surface area contributed by atoms with E-state index in [2.05, 4.69) is 6.92 Å². The number of unbranched alkanes of at least 4 members (excludes halogenated alkanes) is 1. The molecule has 1 heterocycles. The van der Waals surface area contributed by atoms with Crippen LogP contribution in [0.15, 0.2) is 29.3 Å². The lowest BCUT2D eigenvalue weighted by molar-refractivity contribution is -0.132. The van der Waals surface area contributed by atoms with Crippen molar-refractivity contribution in [2.45, 2.75) is 109 Å². The summed E-state index contributed by atoms with van der Waals surface area (Å²) in [6.07, 6.45) is 15.3. The van der Waals surface area contributed by atoms with Gasteiger partial charge in [0, 0.05) is 19.4 Å². The third-order valence-electron chi connectivity index (χ3n) is 9.00. The second-order valence-corrected chi connectivity index (χ2v) is 11.9. The SMILES string of the molecule is CCCCC1(CC2CCCCC2)N=C(N)N(CC2CCC(CC(=O)Cc3cccc(OC)c3)CC2)C1=O. The molecule has 6 heteroatoms. The van der Waals surface area contributed by atoms with Gasteiger partial charge in [-0.1, -0.05) is 64.0 Å². The van der Waals surface area contributed by atoms with Crippen molar-refractivity contribution in [2.75, 3.05) is 13.7 Å². The zero-order chi connectivity index (χ0) is 26.3. The van der Waals surface area contributed by atoms with Crippen LogP contribution in [-0.4, -0.2) is 41.7 Å². The number of ketones is 1. The molecule has 3 aliphatic rings. The number of carbonyl (C=O) groups excluding carboxylic acids is 2. The Bertz CT molecular complexity index is 947. The number of guanidine groups is 1. The van der Waals surface area contributed by atoms with Gasteiger partial charge in [-0.05, 0) is 74.0 Å². The first-order valence-electron chi connectivity index (χ1n) is 14.7. The van der Waals surface area contributed by atoms with Crippen molar-refractivity contribution in [1.29, 1.82) is 0 Å². The van der Waals surface area contributed by atoms with Crippen LogP contribution in [0.3, 0.4) is 0 Å². The minimum absolute atomic E-state index is 0.152. The van der Waals surface area contributed by atoms with E-state index in [9.17, 15) is 9.59 Å². The number of hydrogen-bond acceptors (Lipinski definition) is 5. The van der Waals surface area contributed by atoms with Crippen LogP contribution in [0.4, 0.5) is 0 Å². The summed E-state index contributed by atoms with van der Waals surface area (Å²) < 4.78 is 5.28. The summed E-state index contributed by atoms with van der Waals surface area (Å²) in [5.41, 5.74) is 6.81. The molecular weight excluding hydrogens is 462 g/mol. The van der Waals surface area contributed by atoms with Gasteiger partial charge < -0.3 is 10.5 Å². The first kappa shape index (κ1) is 27.7. The molecule has 2 saturated carbocycles. The van der Waals surface area contributed by atoms with E-state index >= 15 is 0 Å². The zero-order valence-corrected chi connectivity index (χ0v) is 23.1. The average Bonchev–Trinajstić information content (AvgIpc) is 3.13. The number of ether oxygens (including phenoxy) is 1.